The van der Waals surface area contributed by atoms with Crippen molar-refractivity contribution in [3.8, 4) is 0 Å². The highest BCUT2D eigenvalue weighted by Crippen LogP contribution is 2.24. The number of aryl methyl sites for hydroxylation is 1. The zero-order valence-electron chi connectivity index (χ0n) is 12.0. The van der Waals surface area contributed by atoms with E-state index >= 15 is 0 Å². The molecular formula is C15H17FN2O2. The molecule has 0 bridgehead atoms. The number of benzene rings is 1. The van der Waals surface area contributed by atoms with Crippen LogP contribution in [0.2, 0.25) is 0 Å². The summed E-state index contributed by atoms with van der Waals surface area (Å²) in [5.74, 6) is -0.414. The van der Waals surface area contributed by atoms with E-state index in [1.54, 1.807) is 13.0 Å². The lowest BCUT2D eigenvalue weighted by Gasteiger charge is -2.12. The van der Waals surface area contributed by atoms with Gasteiger partial charge < -0.3 is 4.52 Å². The van der Waals surface area contributed by atoms with E-state index in [9.17, 15) is 9.18 Å². The van der Waals surface area contributed by atoms with E-state index in [-0.39, 0.29) is 23.0 Å². The lowest BCUT2D eigenvalue weighted by atomic mass is 9.92. The average Bonchev–Trinajstić information content (AvgIpc) is 2.81. The van der Waals surface area contributed by atoms with Crippen LogP contribution in [0.5, 0.6) is 0 Å². The van der Waals surface area contributed by atoms with Crippen LogP contribution in [0.3, 0.4) is 0 Å². The number of carbonyl (C=O) groups is 1. The van der Waals surface area contributed by atoms with Gasteiger partial charge in [0.1, 0.15) is 5.82 Å². The van der Waals surface area contributed by atoms with Gasteiger partial charge in [-0.2, -0.15) is 0 Å². The van der Waals surface area contributed by atoms with Gasteiger partial charge in [0.2, 0.25) is 5.88 Å². The predicted molar refractivity (Wildman–Crippen MR) is 74.3 cm³/mol. The standard InChI is InChI=1S/C15H17FN2O2/c1-9-7-10(5-6-11(9)16)14(19)17-13-8-12(18-20-13)15(2,3)4/h5-8H,1-4H3,(H,17,19). The van der Waals surface area contributed by atoms with Crippen molar-refractivity contribution in [3.05, 3.63) is 46.9 Å². The smallest absolute Gasteiger partial charge is 0.258 e. The molecule has 0 aliphatic rings. The summed E-state index contributed by atoms with van der Waals surface area (Å²) in [4.78, 5) is 12.0. The second-order valence-corrected chi connectivity index (χ2v) is 5.74. The number of rotatable bonds is 2. The lowest BCUT2D eigenvalue weighted by Crippen LogP contribution is -2.12. The maximum absolute atomic E-state index is 13.2. The minimum absolute atomic E-state index is 0.154. The molecule has 0 spiro atoms. The highest BCUT2D eigenvalue weighted by atomic mass is 19.1. The second kappa shape index (κ2) is 5.07. The maximum Gasteiger partial charge on any atom is 0.258 e. The first-order valence-corrected chi connectivity index (χ1v) is 6.32. The van der Waals surface area contributed by atoms with E-state index in [1.807, 2.05) is 20.8 Å². The molecule has 0 atom stereocenters. The molecule has 1 aromatic carbocycles. The number of nitrogens with zero attached hydrogens (tertiary/aromatic N) is 1. The molecule has 2 rings (SSSR count). The molecule has 0 radical (unpaired) electrons. The van der Waals surface area contributed by atoms with E-state index in [1.165, 1.54) is 18.2 Å². The zero-order chi connectivity index (χ0) is 14.9. The molecule has 0 saturated heterocycles. The fraction of sp³-hybridized carbons (Fsp3) is 0.333. The molecule has 1 amide bonds. The van der Waals surface area contributed by atoms with Gasteiger partial charge in [-0.3, -0.25) is 10.1 Å². The Kier molecular flexibility index (Phi) is 3.61. The largest absolute Gasteiger partial charge is 0.338 e. The highest BCUT2D eigenvalue weighted by Gasteiger charge is 2.20. The average molecular weight is 276 g/mol. The Bertz CT molecular complexity index is 642. The Labute approximate surface area is 117 Å². The Morgan fingerprint density at radius 1 is 1.30 bits per heavy atom. The number of aromatic nitrogens is 1. The lowest BCUT2D eigenvalue weighted by molar-refractivity contribution is 0.102. The molecule has 0 saturated carbocycles. The van der Waals surface area contributed by atoms with Crippen LogP contribution in [0.4, 0.5) is 10.3 Å². The van der Waals surface area contributed by atoms with Crippen LogP contribution in [0.15, 0.2) is 28.8 Å². The molecule has 106 valence electrons. The van der Waals surface area contributed by atoms with Gasteiger partial charge in [-0.15, -0.1) is 0 Å². The molecule has 0 fully saturated rings. The summed E-state index contributed by atoms with van der Waals surface area (Å²) < 4.78 is 18.2. The first-order chi connectivity index (χ1) is 9.27. The quantitative estimate of drug-likeness (QED) is 0.910. The molecule has 2 aromatic rings. The number of hydrogen-bond acceptors (Lipinski definition) is 3. The van der Waals surface area contributed by atoms with Crippen LogP contribution in [-0.2, 0) is 5.41 Å². The summed E-state index contributed by atoms with van der Waals surface area (Å²) in [6.07, 6.45) is 0. The Morgan fingerprint density at radius 3 is 2.55 bits per heavy atom. The Balaban J connectivity index is 2.15. The van der Waals surface area contributed by atoms with Gasteiger partial charge in [0.15, 0.2) is 0 Å². The van der Waals surface area contributed by atoms with Gasteiger partial charge in [-0.1, -0.05) is 25.9 Å². The molecule has 5 heteroatoms. The Hall–Kier alpha value is -2.17. The number of amides is 1. The molecule has 0 unspecified atom stereocenters. The fourth-order valence-corrected chi connectivity index (χ4v) is 1.66. The SMILES string of the molecule is Cc1cc(C(=O)Nc2cc(C(C)(C)C)no2)ccc1F. The monoisotopic (exact) mass is 276 g/mol. The van der Waals surface area contributed by atoms with E-state index in [0.717, 1.165) is 5.69 Å². The number of nitrogens with one attached hydrogen (secondary N) is 1. The Morgan fingerprint density at radius 2 is 2.00 bits per heavy atom. The van der Waals surface area contributed by atoms with E-state index < -0.39 is 0 Å². The van der Waals surface area contributed by atoms with Gasteiger partial charge >= 0.3 is 0 Å². The van der Waals surface area contributed by atoms with Crippen molar-refractivity contribution < 1.29 is 13.7 Å². The predicted octanol–water partition coefficient (Wildman–Crippen LogP) is 3.67. The van der Waals surface area contributed by atoms with Gasteiger partial charge in [0, 0.05) is 17.0 Å². The first kappa shape index (κ1) is 14.2. The second-order valence-electron chi connectivity index (χ2n) is 5.74. The third-order valence-electron chi connectivity index (χ3n) is 2.94. The maximum atomic E-state index is 13.2. The molecule has 0 aliphatic heterocycles. The molecule has 1 aromatic heterocycles. The number of anilines is 1. The van der Waals surface area contributed by atoms with Crippen LogP contribution in [-0.4, -0.2) is 11.1 Å². The molecule has 1 N–H and O–H groups in total. The molecule has 0 aliphatic carbocycles. The third-order valence-corrected chi connectivity index (χ3v) is 2.94. The van der Waals surface area contributed by atoms with Crippen molar-refractivity contribution in [2.45, 2.75) is 33.1 Å². The topological polar surface area (TPSA) is 55.1 Å². The van der Waals surface area contributed by atoms with Crippen LogP contribution < -0.4 is 5.32 Å². The number of hydrogen-bond donors (Lipinski definition) is 1. The number of carbonyl (C=O) groups excluding carboxylic acids is 1. The van der Waals surface area contributed by atoms with Crippen molar-refractivity contribution in [3.63, 3.8) is 0 Å². The molecule has 4 nitrogen and oxygen atoms in total. The van der Waals surface area contributed by atoms with Crippen LogP contribution in [0.25, 0.3) is 0 Å². The summed E-state index contributed by atoms with van der Waals surface area (Å²) in [5.41, 5.74) is 1.39. The summed E-state index contributed by atoms with van der Waals surface area (Å²) in [5, 5.41) is 6.52. The molecule has 20 heavy (non-hydrogen) atoms. The van der Waals surface area contributed by atoms with Gasteiger partial charge in [-0.05, 0) is 30.7 Å². The summed E-state index contributed by atoms with van der Waals surface area (Å²) in [7, 11) is 0. The van der Waals surface area contributed by atoms with Crippen molar-refractivity contribution >= 4 is 11.8 Å². The van der Waals surface area contributed by atoms with Crippen LogP contribution in [0.1, 0.15) is 42.4 Å². The number of halogens is 1. The summed E-state index contributed by atoms with van der Waals surface area (Å²) >= 11 is 0. The zero-order valence-corrected chi connectivity index (χ0v) is 12.0. The van der Waals surface area contributed by atoms with Crippen LogP contribution in [0, 0.1) is 12.7 Å². The van der Waals surface area contributed by atoms with Crippen molar-refractivity contribution in [2.75, 3.05) is 5.32 Å². The van der Waals surface area contributed by atoms with Crippen molar-refractivity contribution in [1.82, 2.24) is 5.16 Å². The molecule has 1 heterocycles. The summed E-state index contributed by atoms with van der Waals surface area (Å²) in [6, 6.07) is 5.88. The highest BCUT2D eigenvalue weighted by molar-refractivity contribution is 6.03. The van der Waals surface area contributed by atoms with Gasteiger partial charge in [0.05, 0.1) is 5.69 Å². The van der Waals surface area contributed by atoms with Crippen LogP contribution >= 0.6 is 0 Å². The van der Waals surface area contributed by atoms with Crippen molar-refractivity contribution in [2.24, 2.45) is 0 Å². The van der Waals surface area contributed by atoms with Gasteiger partial charge in [0.25, 0.3) is 5.91 Å². The minimum Gasteiger partial charge on any atom is -0.338 e. The van der Waals surface area contributed by atoms with Crippen molar-refractivity contribution in [1.29, 1.82) is 0 Å². The summed E-state index contributed by atoms with van der Waals surface area (Å²) in [6.45, 7) is 7.61. The normalized spacial score (nSPS) is 11.4. The minimum atomic E-state index is -0.357. The van der Waals surface area contributed by atoms with E-state index in [4.69, 9.17) is 4.52 Å². The van der Waals surface area contributed by atoms with Gasteiger partial charge in [-0.25, -0.2) is 4.39 Å². The fourth-order valence-electron chi connectivity index (χ4n) is 1.66. The first-order valence-electron chi connectivity index (χ1n) is 6.32. The van der Waals surface area contributed by atoms with E-state index in [0.29, 0.717) is 11.1 Å². The van der Waals surface area contributed by atoms with E-state index in [2.05, 4.69) is 10.5 Å². The third kappa shape index (κ3) is 3.04. The molecular weight excluding hydrogens is 259 g/mol.